The lowest BCUT2D eigenvalue weighted by atomic mass is 9.86. The van der Waals surface area contributed by atoms with Crippen LogP contribution in [0.2, 0.25) is 0 Å². The Bertz CT molecular complexity index is 521. The number of carboxylic acids is 1. The maximum Gasteiger partial charge on any atom is 0.354 e. The minimum atomic E-state index is -0.999. The normalized spacial score (nSPS) is 20.4. The second kappa shape index (κ2) is 3.92. The fourth-order valence-electron chi connectivity index (χ4n) is 1.87. The first-order valence-electron chi connectivity index (χ1n) is 5.08. The minimum Gasteiger partial charge on any atom is -0.477 e. The molecule has 0 atom stereocenters. The molecule has 3 nitrogen and oxygen atoms in total. The van der Waals surface area contributed by atoms with Crippen molar-refractivity contribution >= 4 is 43.5 Å². The molecule has 1 heterocycles. The molecular formula is C12H11Br2NO2. The molecule has 5 heteroatoms. The molecule has 17 heavy (non-hydrogen) atoms. The van der Waals surface area contributed by atoms with Crippen LogP contribution in [-0.4, -0.2) is 22.3 Å². The van der Waals surface area contributed by atoms with E-state index in [0.29, 0.717) is 5.56 Å². The maximum absolute atomic E-state index is 11.3. The Hall–Kier alpha value is -0.680. The highest BCUT2D eigenvalue weighted by molar-refractivity contribution is 9.24. The summed E-state index contributed by atoms with van der Waals surface area (Å²) in [4.78, 5) is 15.6. The number of fused-ring (bicyclic) bond motifs is 1. The minimum absolute atomic E-state index is 0.111. The highest BCUT2D eigenvalue weighted by Gasteiger charge is 2.48. The van der Waals surface area contributed by atoms with Crippen LogP contribution in [0.1, 0.15) is 25.0 Å². The number of benzene rings is 1. The molecule has 1 aromatic carbocycles. The lowest BCUT2D eigenvalue weighted by Crippen LogP contribution is -2.43. The number of carboxylic acid groups (broad SMARTS) is 1. The summed E-state index contributed by atoms with van der Waals surface area (Å²) in [5.74, 6) is -0.999. The fraction of sp³-hybridized carbons (Fsp3) is 0.333. The third-order valence-corrected chi connectivity index (χ3v) is 5.68. The Balaban J connectivity index is 2.77. The van der Waals surface area contributed by atoms with Crippen LogP contribution in [0.15, 0.2) is 29.3 Å². The SMILES string of the molecule is CC1(C)N=C(C(=O)O)c2ccccc2C1(Br)Br. The summed E-state index contributed by atoms with van der Waals surface area (Å²) in [7, 11) is 0. The first kappa shape index (κ1) is 12.8. The zero-order valence-electron chi connectivity index (χ0n) is 9.37. The first-order valence-corrected chi connectivity index (χ1v) is 6.67. The van der Waals surface area contributed by atoms with Gasteiger partial charge in [0, 0.05) is 5.56 Å². The Morgan fingerprint density at radius 2 is 1.88 bits per heavy atom. The van der Waals surface area contributed by atoms with Gasteiger partial charge in [0.05, 0.1) is 5.54 Å². The van der Waals surface area contributed by atoms with E-state index in [4.69, 9.17) is 0 Å². The van der Waals surface area contributed by atoms with Crippen molar-refractivity contribution in [2.24, 2.45) is 4.99 Å². The van der Waals surface area contributed by atoms with Crippen LogP contribution in [0.25, 0.3) is 0 Å². The van der Waals surface area contributed by atoms with Gasteiger partial charge in [-0.05, 0) is 19.4 Å². The van der Waals surface area contributed by atoms with Crippen LogP contribution < -0.4 is 0 Å². The number of nitrogens with zero attached hydrogens (tertiary/aromatic N) is 1. The summed E-state index contributed by atoms with van der Waals surface area (Å²) < 4.78 is -0.553. The van der Waals surface area contributed by atoms with Crippen molar-refractivity contribution < 1.29 is 9.90 Å². The molecule has 0 saturated carbocycles. The van der Waals surface area contributed by atoms with E-state index in [9.17, 15) is 9.90 Å². The van der Waals surface area contributed by atoms with Crippen LogP contribution >= 0.6 is 31.9 Å². The van der Waals surface area contributed by atoms with Gasteiger partial charge in [-0.3, -0.25) is 4.99 Å². The average Bonchev–Trinajstić information content (AvgIpc) is 2.24. The zero-order valence-corrected chi connectivity index (χ0v) is 12.5. The Morgan fingerprint density at radius 3 is 2.47 bits per heavy atom. The fourth-order valence-corrected chi connectivity index (χ4v) is 2.73. The van der Waals surface area contributed by atoms with E-state index in [1.165, 1.54) is 0 Å². The second-order valence-electron chi connectivity index (χ2n) is 4.44. The summed E-state index contributed by atoms with van der Waals surface area (Å²) in [6.07, 6.45) is 0. The molecule has 90 valence electrons. The molecule has 1 aliphatic heterocycles. The van der Waals surface area contributed by atoms with Crippen molar-refractivity contribution in [3.63, 3.8) is 0 Å². The first-order chi connectivity index (χ1) is 7.77. The molecule has 2 rings (SSSR count). The Morgan fingerprint density at radius 1 is 1.29 bits per heavy atom. The zero-order chi connectivity index (χ0) is 12.8. The van der Waals surface area contributed by atoms with Gasteiger partial charge in [0.15, 0.2) is 5.71 Å². The van der Waals surface area contributed by atoms with Gasteiger partial charge in [-0.25, -0.2) is 4.79 Å². The third kappa shape index (κ3) is 1.85. The van der Waals surface area contributed by atoms with E-state index >= 15 is 0 Å². The molecule has 1 aliphatic rings. The molecule has 0 spiro atoms. The van der Waals surface area contributed by atoms with Gasteiger partial charge in [-0.2, -0.15) is 0 Å². The van der Waals surface area contributed by atoms with E-state index < -0.39 is 14.7 Å². The van der Waals surface area contributed by atoms with Crippen molar-refractivity contribution in [3.8, 4) is 0 Å². The van der Waals surface area contributed by atoms with Gasteiger partial charge in [-0.15, -0.1) is 0 Å². The lowest BCUT2D eigenvalue weighted by Gasteiger charge is -2.40. The van der Waals surface area contributed by atoms with Gasteiger partial charge in [-0.1, -0.05) is 56.1 Å². The Labute approximate surface area is 116 Å². The molecule has 1 aromatic rings. The number of alkyl halides is 2. The molecule has 0 saturated heterocycles. The molecule has 0 radical (unpaired) electrons. The van der Waals surface area contributed by atoms with E-state index in [1.807, 2.05) is 32.0 Å². The van der Waals surface area contributed by atoms with Gasteiger partial charge < -0.3 is 5.11 Å². The van der Waals surface area contributed by atoms with E-state index in [0.717, 1.165) is 5.56 Å². The number of hydrogen-bond donors (Lipinski definition) is 1. The number of halogens is 2. The number of aliphatic carboxylic acids is 1. The van der Waals surface area contributed by atoms with Crippen LogP contribution in [0.3, 0.4) is 0 Å². The molecule has 0 amide bonds. The standard InChI is InChI=1S/C12H11Br2NO2/c1-11(2)12(13,14)8-6-4-3-5-7(8)9(15-11)10(16)17/h3-6H,1-2H3,(H,16,17). The number of aliphatic imine (C=N–C) groups is 1. The molecule has 0 bridgehead atoms. The van der Waals surface area contributed by atoms with Crippen LogP contribution in [0.5, 0.6) is 0 Å². The van der Waals surface area contributed by atoms with Crippen molar-refractivity contribution in [1.82, 2.24) is 0 Å². The molecule has 0 aromatic heterocycles. The second-order valence-corrected chi connectivity index (χ2v) is 7.89. The molecule has 0 unspecified atom stereocenters. The van der Waals surface area contributed by atoms with Gasteiger partial charge in [0.25, 0.3) is 0 Å². The monoisotopic (exact) mass is 359 g/mol. The molecule has 1 N–H and O–H groups in total. The molecule has 0 fully saturated rings. The highest BCUT2D eigenvalue weighted by atomic mass is 79.9. The highest BCUT2D eigenvalue weighted by Crippen LogP contribution is 2.52. The number of rotatable bonds is 1. The average molecular weight is 361 g/mol. The van der Waals surface area contributed by atoms with Crippen LogP contribution in [-0.2, 0) is 8.03 Å². The summed E-state index contributed by atoms with van der Waals surface area (Å²) in [5, 5.41) is 9.23. The van der Waals surface area contributed by atoms with Crippen molar-refractivity contribution in [1.29, 1.82) is 0 Å². The summed E-state index contributed by atoms with van der Waals surface area (Å²) in [6.45, 7) is 3.77. The van der Waals surface area contributed by atoms with Crippen molar-refractivity contribution in [3.05, 3.63) is 35.4 Å². The topological polar surface area (TPSA) is 49.7 Å². The summed E-state index contributed by atoms with van der Waals surface area (Å²) in [5.41, 5.74) is 1.06. The van der Waals surface area contributed by atoms with Gasteiger partial charge in [0.1, 0.15) is 3.23 Å². The Kier molecular flexibility index (Phi) is 2.94. The van der Waals surface area contributed by atoms with E-state index in [1.54, 1.807) is 6.07 Å². The predicted molar refractivity (Wildman–Crippen MR) is 74.2 cm³/mol. The van der Waals surface area contributed by atoms with Crippen molar-refractivity contribution in [2.45, 2.75) is 22.6 Å². The third-order valence-electron chi connectivity index (χ3n) is 2.88. The number of hydrogen-bond acceptors (Lipinski definition) is 2. The van der Waals surface area contributed by atoms with Crippen LogP contribution in [0.4, 0.5) is 0 Å². The molecular weight excluding hydrogens is 350 g/mol. The quantitative estimate of drug-likeness (QED) is 0.781. The smallest absolute Gasteiger partial charge is 0.354 e. The largest absolute Gasteiger partial charge is 0.477 e. The van der Waals surface area contributed by atoms with E-state index in [-0.39, 0.29) is 5.71 Å². The van der Waals surface area contributed by atoms with Gasteiger partial charge in [0.2, 0.25) is 0 Å². The summed E-state index contributed by atoms with van der Waals surface area (Å²) in [6, 6.07) is 7.37. The summed E-state index contributed by atoms with van der Waals surface area (Å²) >= 11 is 7.21. The maximum atomic E-state index is 11.3. The number of carbonyl (C=O) groups is 1. The van der Waals surface area contributed by atoms with Crippen molar-refractivity contribution in [2.75, 3.05) is 0 Å². The van der Waals surface area contributed by atoms with E-state index in [2.05, 4.69) is 36.9 Å². The van der Waals surface area contributed by atoms with Gasteiger partial charge >= 0.3 is 5.97 Å². The molecule has 0 aliphatic carbocycles. The predicted octanol–water partition coefficient (Wildman–Crippen LogP) is 3.30. The van der Waals surface area contributed by atoms with Crippen LogP contribution in [0, 0.1) is 0 Å². The lowest BCUT2D eigenvalue weighted by molar-refractivity contribution is -0.129.